The van der Waals surface area contributed by atoms with Gasteiger partial charge in [-0.2, -0.15) is 0 Å². The van der Waals surface area contributed by atoms with Crippen LogP contribution in [0, 0.1) is 13.5 Å². The molecule has 0 aliphatic carbocycles. The highest BCUT2D eigenvalue weighted by atomic mass is 32.2. The van der Waals surface area contributed by atoms with E-state index in [9.17, 15) is 13.2 Å². The van der Waals surface area contributed by atoms with Gasteiger partial charge < -0.3 is 9.64 Å². The van der Waals surface area contributed by atoms with Crippen molar-refractivity contribution in [2.24, 2.45) is 0 Å². The van der Waals surface area contributed by atoms with Crippen LogP contribution >= 0.6 is 0 Å². The number of anilines is 1. The molecule has 0 heterocycles. The van der Waals surface area contributed by atoms with Crippen LogP contribution in [-0.2, 0) is 19.6 Å². The SMILES string of the molecule is [C-]#[N+]C(=Cc1ccc(N(CC)CCNS(C)(=O)=O)cc1C)C(=O)OCCCCCCCCCCCC. The summed E-state index contributed by atoms with van der Waals surface area (Å²) in [5.41, 5.74) is 2.63. The number of hydrogen-bond acceptors (Lipinski definition) is 5. The Labute approximate surface area is 219 Å². The molecule has 0 fully saturated rings. The monoisotopic (exact) mass is 519 g/mol. The van der Waals surface area contributed by atoms with E-state index in [0.29, 0.717) is 19.7 Å². The maximum atomic E-state index is 12.4. The largest absolute Gasteiger partial charge is 0.471 e. The van der Waals surface area contributed by atoms with Crippen LogP contribution < -0.4 is 9.62 Å². The molecule has 0 radical (unpaired) electrons. The van der Waals surface area contributed by atoms with Gasteiger partial charge in [0.2, 0.25) is 10.0 Å². The Kier molecular flexibility index (Phi) is 15.8. The van der Waals surface area contributed by atoms with Gasteiger partial charge in [-0.25, -0.2) is 18.0 Å². The Morgan fingerprint density at radius 2 is 1.67 bits per heavy atom. The number of esters is 1. The predicted octanol–water partition coefficient (Wildman–Crippen LogP) is 6.09. The number of rotatable bonds is 19. The average molecular weight is 520 g/mol. The Morgan fingerprint density at radius 3 is 2.19 bits per heavy atom. The first-order valence-corrected chi connectivity index (χ1v) is 15.2. The lowest BCUT2D eigenvalue weighted by atomic mass is 10.1. The number of likely N-dealkylation sites (N-methyl/N-ethyl adjacent to an activating group) is 1. The van der Waals surface area contributed by atoms with Gasteiger partial charge in [0.1, 0.15) is 0 Å². The molecule has 8 heteroatoms. The molecule has 1 rings (SSSR count). The molecule has 0 saturated carbocycles. The van der Waals surface area contributed by atoms with E-state index in [1.165, 1.54) is 44.9 Å². The van der Waals surface area contributed by atoms with Crippen LogP contribution in [0.1, 0.15) is 89.2 Å². The standard InChI is InChI=1S/C28H45N3O4S/c1-6-8-9-10-11-12-13-14-15-16-21-35-28(32)27(29-4)23-25-17-18-26(22-24(25)3)31(7-2)20-19-30-36(5,33)34/h17-18,22-23,30H,6-16,19-21H2,1-3,5H3. The molecular weight excluding hydrogens is 474 g/mol. The van der Waals surface area contributed by atoms with Crippen molar-refractivity contribution in [1.82, 2.24) is 4.72 Å². The summed E-state index contributed by atoms with van der Waals surface area (Å²) in [6, 6.07) is 5.77. The van der Waals surface area contributed by atoms with Crippen LogP contribution in [0.5, 0.6) is 0 Å². The fourth-order valence-electron chi connectivity index (χ4n) is 3.97. The van der Waals surface area contributed by atoms with Crippen molar-refractivity contribution in [2.45, 2.75) is 85.0 Å². The Bertz CT molecular complexity index is 967. The zero-order valence-electron chi connectivity index (χ0n) is 22.6. The lowest BCUT2D eigenvalue weighted by Crippen LogP contribution is -2.34. The number of sulfonamides is 1. The smallest absolute Gasteiger partial charge is 0.336 e. The lowest BCUT2D eigenvalue weighted by molar-refractivity contribution is -0.138. The van der Waals surface area contributed by atoms with Gasteiger partial charge in [0.15, 0.2) is 0 Å². The van der Waals surface area contributed by atoms with Crippen molar-refractivity contribution in [1.29, 1.82) is 0 Å². The Hall–Kier alpha value is -2.37. The fraction of sp³-hybridized carbons (Fsp3) is 0.643. The molecule has 202 valence electrons. The summed E-state index contributed by atoms with van der Waals surface area (Å²) in [6.07, 6.45) is 14.8. The van der Waals surface area contributed by atoms with Crippen LogP contribution in [0.3, 0.4) is 0 Å². The molecule has 1 aromatic carbocycles. The molecular formula is C28H45N3O4S. The number of carbonyl (C=O) groups is 1. The second-order valence-electron chi connectivity index (χ2n) is 9.25. The third-order valence-electron chi connectivity index (χ3n) is 6.10. The predicted molar refractivity (Wildman–Crippen MR) is 149 cm³/mol. The second kappa shape index (κ2) is 18.0. The number of aryl methyl sites for hydroxylation is 1. The van der Waals surface area contributed by atoms with Gasteiger partial charge in [0, 0.05) is 25.3 Å². The summed E-state index contributed by atoms with van der Waals surface area (Å²) in [6.45, 7) is 15.5. The van der Waals surface area contributed by atoms with E-state index in [4.69, 9.17) is 11.3 Å². The summed E-state index contributed by atoms with van der Waals surface area (Å²) >= 11 is 0. The van der Waals surface area contributed by atoms with Crippen LogP contribution in [0.2, 0.25) is 0 Å². The lowest BCUT2D eigenvalue weighted by Gasteiger charge is -2.24. The highest BCUT2D eigenvalue weighted by molar-refractivity contribution is 7.88. The van der Waals surface area contributed by atoms with Crippen molar-refractivity contribution in [3.8, 4) is 0 Å². The summed E-state index contributed by atoms with van der Waals surface area (Å²) in [5.74, 6) is -0.577. The molecule has 0 aliphatic rings. The van der Waals surface area contributed by atoms with E-state index in [1.54, 1.807) is 6.08 Å². The topological polar surface area (TPSA) is 80.1 Å². The van der Waals surface area contributed by atoms with Crippen molar-refractivity contribution in [3.05, 3.63) is 46.4 Å². The van der Waals surface area contributed by atoms with E-state index in [-0.39, 0.29) is 5.70 Å². The fourth-order valence-corrected chi connectivity index (χ4v) is 4.43. The van der Waals surface area contributed by atoms with Gasteiger partial charge in [-0.3, -0.25) is 4.79 Å². The van der Waals surface area contributed by atoms with E-state index in [2.05, 4.69) is 21.4 Å². The van der Waals surface area contributed by atoms with Gasteiger partial charge in [0.25, 0.3) is 5.70 Å². The number of unbranched alkanes of at least 4 members (excludes halogenated alkanes) is 9. The molecule has 7 nitrogen and oxygen atoms in total. The summed E-state index contributed by atoms with van der Waals surface area (Å²) in [5, 5.41) is 0. The normalized spacial score (nSPS) is 11.8. The number of nitrogens with zero attached hydrogens (tertiary/aromatic N) is 2. The minimum atomic E-state index is -3.22. The highest BCUT2D eigenvalue weighted by Gasteiger charge is 2.13. The molecule has 1 N–H and O–H groups in total. The summed E-state index contributed by atoms with van der Waals surface area (Å²) in [4.78, 5) is 17.9. The van der Waals surface area contributed by atoms with E-state index in [1.807, 2.05) is 32.0 Å². The third kappa shape index (κ3) is 13.6. The van der Waals surface area contributed by atoms with Gasteiger partial charge in [0.05, 0.1) is 19.4 Å². The second-order valence-corrected chi connectivity index (χ2v) is 11.1. The maximum absolute atomic E-state index is 12.4. The van der Waals surface area contributed by atoms with Crippen molar-refractivity contribution in [2.75, 3.05) is 37.4 Å². The Morgan fingerprint density at radius 1 is 1.06 bits per heavy atom. The molecule has 1 aromatic rings. The van der Waals surface area contributed by atoms with Crippen molar-refractivity contribution >= 4 is 27.8 Å². The van der Waals surface area contributed by atoms with E-state index >= 15 is 0 Å². The molecule has 0 unspecified atom stereocenters. The van der Waals surface area contributed by atoms with Gasteiger partial charge in [-0.05, 0) is 49.6 Å². The number of hydrogen-bond donors (Lipinski definition) is 1. The number of ether oxygens (including phenoxy) is 1. The average Bonchev–Trinajstić information content (AvgIpc) is 2.83. The molecule has 0 aliphatic heterocycles. The maximum Gasteiger partial charge on any atom is 0.336 e. The van der Waals surface area contributed by atoms with Crippen molar-refractivity contribution in [3.63, 3.8) is 0 Å². The Balaban J connectivity index is 2.51. The molecule has 0 amide bonds. The molecule has 0 bridgehead atoms. The number of benzene rings is 1. The van der Waals surface area contributed by atoms with Crippen LogP contribution in [0.15, 0.2) is 23.9 Å². The molecule has 0 saturated heterocycles. The van der Waals surface area contributed by atoms with E-state index in [0.717, 1.165) is 48.9 Å². The van der Waals surface area contributed by atoms with Crippen molar-refractivity contribution < 1.29 is 17.9 Å². The highest BCUT2D eigenvalue weighted by Crippen LogP contribution is 2.22. The number of nitrogens with one attached hydrogen (secondary N) is 1. The summed E-state index contributed by atoms with van der Waals surface area (Å²) < 4.78 is 30.4. The van der Waals surface area contributed by atoms with Gasteiger partial charge in [-0.1, -0.05) is 70.8 Å². The van der Waals surface area contributed by atoms with Gasteiger partial charge in [-0.15, -0.1) is 0 Å². The van der Waals surface area contributed by atoms with Crippen LogP contribution in [0.4, 0.5) is 5.69 Å². The quantitative estimate of drug-likeness (QED) is 0.103. The molecule has 0 aromatic heterocycles. The first-order chi connectivity index (χ1) is 17.2. The molecule has 36 heavy (non-hydrogen) atoms. The van der Waals surface area contributed by atoms with Crippen LogP contribution in [-0.4, -0.2) is 46.9 Å². The number of carbonyl (C=O) groups excluding carboxylic acids is 1. The van der Waals surface area contributed by atoms with Crippen LogP contribution in [0.25, 0.3) is 10.9 Å². The van der Waals surface area contributed by atoms with E-state index < -0.39 is 16.0 Å². The molecule has 0 spiro atoms. The van der Waals surface area contributed by atoms with Gasteiger partial charge >= 0.3 is 5.97 Å². The zero-order chi connectivity index (χ0) is 26.8. The first kappa shape index (κ1) is 31.7. The zero-order valence-corrected chi connectivity index (χ0v) is 23.5. The summed E-state index contributed by atoms with van der Waals surface area (Å²) in [7, 11) is -3.22. The third-order valence-corrected chi connectivity index (χ3v) is 6.83. The first-order valence-electron chi connectivity index (χ1n) is 13.3. The minimum absolute atomic E-state index is 0.0253. The minimum Gasteiger partial charge on any atom is -0.471 e. The molecule has 0 atom stereocenters.